The van der Waals surface area contributed by atoms with Crippen molar-refractivity contribution in [2.24, 2.45) is 0 Å². The zero-order valence-electron chi connectivity index (χ0n) is 17.4. The first-order valence-electron chi connectivity index (χ1n) is 10.5. The fourth-order valence-electron chi connectivity index (χ4n) is 3.89. The number of aliphatic hydroxyl groups excluding tert-OH is 1. The predicted molar refractivity (Wildman–Crippen MR) is 127 cm³/mol. The highest BCUT2D eigenvalue weighted by Crippen LogP contribution is 2.40. The molecule has 2 nitrogen and oxygen atoms in total. The molecule has 1 N–H and O–H groups in total. The van der Waals surface area contributed by atoms with Crippen LogP contribution in [0.4, 0.5) is 0 Å². The second-order valence-electron chi connectivity index (χ2n) is 7.44. The molecule has 0 bridgehead atoms. The molecule has 0 atom stereocenters. The van der Waals surface area contributed by atoms with Crippen LogP contribution in [0.1, 0.15) is 22.3 Å². The molecule has 0 saturated carbocycles. The van der Waals surface area contributed by atoms with Crippen LogP contribution >= 0.6 is 0 Å². The van der Waals surface area contributed by atoms with Crippen LogP contribution in [0.15, 0.2) is 127 Å². The van der Waals surface area contributed by atoms with Crippen molar-refractivity contribution >= 4 is 6.08 Å². The number of ether oxygens (including phenoxy) is 1. The summed E-state index contributed by atoms with van der Waals surface area (Å²) in [6.45, 7) is 0.230. The number of hydrogen-bond acceptors (Lipinski definition) is 2. The first kappa shape index (κ1) is 20.8. The van der Waals surface area contributed by atoms with Crippen LogP contribution in [0.2, 0.25) is 0 Å². The molecule has 0 radical (unpaired) electrons. The van der Waals surface area contributed by atoms with E-state index < -0.39 is 5.60 Å². The summed E-state index contributed by atoms with van der Waals surface area (Å²) >= 11 is 0. The van der Waals surface area contributed by atoms with Crippen LogP contribution < -0.4 is 0 Å². The Balaban J connectivity index is 1.81. The number of benzene rings is 4. The van der Waals surface area contributed by atoms with Gasteiger partial charge in [0, 0.05) is 0 Å². The molecule has 0 amide bonds. The first-order chi connectivity index (χ1) is 15.3. The highest BCUT2D eigenvalue weighted by molar-refractivity contribution is 5.53. The van der Waals surface area contributed by atoms with E-state index in [1.165, 1.54) is 0 Å². The smallest absolute Gasteiger partial charge is 0.144 e. The minimum atomic E-state index is -0.797. The molecule has 154 valence electrons. The lowest BCUT2D eigenvalue weighted by Gasteiger charge is -2.36. The number of hydrogen-bond donors (Lipinski definition) is 1. The molecule has 0 aliphatic heterocycles. The molecule has 4 aromatic rings. The van der Waals surface area contributed by atoms with Gasteiger partial charge in [0.15, 0.2) is 0 Å². The van der Waals surface area contributed by atoms with Crippen molar-refractivity contribution in [1.29, 1.82) is 0 Å². The van der Waals surface area contributed by atoms with Gasteiger partial charge in [0.2, 0.25) is 0 Å². The van der Waals surface area contributed by atoms with Crippen molar-refractivity contribution in [1.82, 2.24) is 0 Å². The van der Waals surface area contributed by atoms with Crippen LogP contribution in [-0.2, 0) is 10.3 Å². The van der Waals surface area contributed by atoms with Gasteiger partial charge in [0.25, 0.3) is 0 Å². The van der Waals surface area contributed by atoms with Gasteiger partial charge < -0.3 is 9.84 Å². The third kappa shape index (κ3) is 4.66. The van der Waals surface area contributed by atoms with Crippen molar-refractivity contribution in [2.45, 2.75) is 5.60 Å². The van der Waals surface area contributed by atoms with E-state index in [1.807, 2.05) is 91.0 Å². The fraction of sp³-hybridized carbons (Fsp3) is 0.103. The quantitative estimate of drug-likeness (QED) is 0.360. The highest BCUT2D eigenvalue weighted by Gasteiger charge is 2.37. The molecule has 0 aliphatic rings. The average Bonchev–Trinajstić information content (AvgIpc) is 2.86. The van der Waals surface area contributed by atoms with Crippen molar-refractivity contribution in [3.8, 4) is 0 Å². The molecule has 0 aliphatic carbocycles. The molecule has 31 heavy (non-hydrogen) atoms. The standard InChI is InChI=1S/C29H26O2/c30-22-25(21-24-13-5-1-6-14-24)23-31-29(26-15-7-2-8-16-26,27-17-9-3-10-18-27)28-19-11-4-12-20-28/h1-21,30H,22-23H2/b25-21+. The third-order valence-corrected chi connectivity index (χ3v) is 5.39. The van der Waals surface area contributed by atoms with E-state index in [9.17, 15) is 5.11 Å². The van der Waals surface area contributed by atoms with E-state index >= 15 is 0 Å². The van der Waals surface area contributed by atoms with Gasteiger partial charge in [0.1, 0.15) is 5.60 Å². The second kappa shape index (κ2) is 10.0. The van der Waals surface area contributed by atoms with Gasteiger partial charge >= 0.3 is 0 Å². The molecule has 4 rings (SSSR count). The summed E-state index contributed by atoms with van der Waals surface area (Å²) in [5.41, 5.74) is 4.20. The molecule has 4 aromatic carbocycles. The lowest BCUT2D eigenvalue weighted by molar-refractivity contribution is 0.0248. The third-order valence-electron chi connectivity index (χ3n) is 5.39. The summed E-state index contributed by atoms with van der Waals surface area (Å²) < 4.78 is 6.78. The minimum Gasteiger partial charge on any atom is -0.392 e. The van der Waals surface area contributed by atoms with Gasteiger partial charge in [-0.25, -0.2) is 0 Å². The van der Waals surface area contributed by atoms with E-state index in [0.717, 1.165) is 27.8 Å². The molecule has 0 spiro atoms. The van der Waals surface area contributed by atoms with Gasteiger partial charge in [-0.05, 0) is 27.8 Å². The zero-order chi connectivity index (χ0) is 21.4. The lowest BCUT2D eigenvalue weighted by Crippen LogP contribution is -2.33. The summed E-state index contributed by atoms with van der Waals surface area (Å²) in [7, 11) is 0. The largest absolute Gasteiger partial charge is 0.392 e. The predicted octanol–water partition coefficient (Wildman–Crippen LogP) is 6.07. The molecular weight excluding hydrogens is 380 g/mol. The van der Waals surface area contributed by atoms with E-state index in [1.54, 1.807) is 0 Å². The van der Waals surface area contributed by atoms with Gasteiger partial charge in [-0.15, -0.1) is 0 Å². The molecular formula is C29H26O2. The Morgan fingerprint density at radius 1 is 0.613 bits per heavy atom. The van der Waals surface area contributed by atoms with Crippen molar-refractivity contribution in [2.75, 3.05) is 13.2 Å². The summed E-state index contributed by atoms with van der Waals surface area (Å²) in [6, 6.07) is 40.8. The maximum absolute atomic E-state index is 10.0. The van der Waals surface area contributed by atoms with Gasteiger partial charge in [0.05, 0.1) is 13.2 Å². The summed E-state index contributed by atoms with van der Waals surface area (Å²) in [6.07, 6.45) is 1.99. The van der Waals surface area contributed by atoms with Crippen LogP contribution in [0, 0.1) is 0 Å². The fourth-order valence-corrected chi connectivity index (χ4v) is 3.89. The van der Waals surface area contributed by atoms with Crippen molar-refractivity contribution in [3.63, 3.8) is 0 Å². The van der Waals surface area contributed by atoms with Gasteiger partial charge in [-0.3, -0.25) is 0 Å². The zero-order valence-corrected chi connectivity index (χ0v) is 17.4. The lowest BCUT2D eigenvalue weighted by atomic mass is 9.80. The van der Waals surface area contributed by atoms with E-state index in [2.05, 4.69) is 36.4 Å². The molecule has 0 aromatic heterocycles. The van der Waals surface area contributed by atoms with E-state index in [0.29, 0.717) is 6.61 Å². The van der Waals surface area contributed by atoms with E-state index in [4.69, 9.17) is 4.74 Å². The second-order valence-corrected chi connectivity index (χ2v) is 7.44. The highest BCUT2D eigenvalue weighted by atomic mass is 16.5. The monoisotopic (exact) mass is 406 g/mol. The molecule has 2 heteroatoms. The molecule has 0 fully saturated rings. The Hall–Kier alpha value is -3.46. The maximum atomic E-state index is 10.0. The number of aliphatic hydroxyl groups is 1. The van der Waals surface area contributed by atoms with Gasteiger partial charge in [-0.2, -0.15) is 0 Å². The Bertz CT molecular complexity index is 992. The van der Waals surface area contributed by atoms with Crippen LogP contribution in [0.5, 0.6) is 0 Å². The molecule has 0 saturated heterocycles. The van der Waals surface area contributed by atoms with Crippen molar-refractivity contribution < 1.29 is 9.84 Å². The Labute approximate surface area is 184 Å². The molecule has 0 heterocycles. The first-order valence-corrected chi connectivity index (χ1v) is 10.5. The minimum absolute atomic E-state index is 0.0661. The summed E-state index contributed by atoms with van der Waals surface area (Å²) in [5.74, 6) is 0. The Morgan fingerprint density at radius 2 is 1.00 bits per heavy atom. The van der Waals surface area contributed by atoms with Crippen LogP contribution in [0.25, 0.3) is 6.08 Å². The SMILES string of the molecule is OC/C(=C\c1ccccc1)COC(c1ccccc1)(c1ccccc1)c1ccccc1. The normalized spacial score (nSPS) is 12.0. The summed E-state index contributed by atoms with van der Waals surface area (Å²) in [5, 5.41) is 10.0. The Morgan fingerprint density at radius 3 is 1.39 bits per heavy atom. The number of rotatable bonds is 8. The maximum Gasteiger partial charge on any atom is 0.144 e. The van der Waals surface area contributed by atoms with Crippen molar-refractivity contribution in [3.05, 3.63) is 149 Å². The summed E-state index contributed by atoms with van der Waals surface area (Å²) in [4.78, 5) is 0. The van der Waals surface area contributed by atoms with Crippen LogP contribution in [-0.4, -0.2) is 18.3 Å². The average molecular weight is 407 g/mol. The van der Waals surface area contributed by atoms with E-state index in [-0.39, 0.29) is 6.61 Å². The molecule has 0 unspecified atom stereocenters. The van der Waals surface area contributed by atoms with Gasteiger partial charge in [-0.1, -0.05) is 127 Å². The topological polar surface area (TPSA) is 29.5 Å². The Kier molecular flexibility index (Phi) is 6.73. The van der Waals surface area contributed by atoms with Crippen LogP contribution in [0.3, 0.4) is 0 Å².